The summed E-state index contributed by atoms with van der Waals surface area (Å²) in [6.45, 7) is 0.293. The molecule has 0 aliphatic heterocycles. The van der Waals surface area contributed by atoms with E-state index in [0.717, 1.165) is 4.88 Å². The number of amides is 1. The van der Waals surface area contributed by atoms with Crippen molar-refractivity contribution in [2.24, 2.45) is 5.16 Å². The van der Waals surface area contributed by atoms with Gasteiger partial charge < -0.3 is 19.2 Å². The van der Waals surface area contributed by atoms with Gasteiger partial charge in [0.2, 0.25) is 0 Å². The van der Waals surface area contributed by atoms with E-state index in [0.29, 0.717) is 33.0 Å². The van der Waals surface area contributed by atoms with Gasteiger partial charge in [-0.2, -0.15) is 0 Å². The third-order valence-corrected chi connectivity index (χ3v) is 4.86. The summed E-state index contributed by atoms with van der Waals surface area (Å²) in [7, 11) is 4.71. The molecule has 2 rings (SSSR count). The van der Waals surface area contributed by atoms with Gasteiger partial charge in [0.25, 0.3) is 5.91 Å². The lowest BCUT2D eigenvalue weighted by atomic mass is 10.2. The van der Waals surface area contributed by atoms with E-state index >= 15 is 0 Å². The second-order valence-corrected chi connectivity index (χ2v) is 7.41. The molecule has 1 heterocycles. The molecule has 0 radical (unpaired) electrons. The second kappa shape index (κ2) is 9.66. The zero-order valence-electron chi connectivity index (χ0n) is 14.5. The molecule has 0 fully saturated rings. The van der Waals surface area contributed by atoms with Crippen LogP contribution < -0.4 is 9.47 Å². The standard InChI is InChI=1S/C17H18Cl2N2O4S/c1-21(9-12-4-5-15(19)26-12)16(22)10-25-20-8-11-6-13(18)17(24-3)14(7-11)23-2/h4-8H,9-10H2,1-3H3/b20-8+. The monoisotopic (exact) mass is 416 g/mol. The molecule has 9 heteroatoms. The van der Waals surface area contributed by atoms with Crippen LogP contribution in [-0.4, -0.2) is 44.9 Å². The molecule has 2 aromatic rings. The number of oxime groups is 1. The smallest absolute Gasteiger partial charge is 0.263 e. The Morgan fingerprint density at radius 3 is 2.65 bits per heavy atom. The van der Waals surface area contributed by atoms with Crippen molar-refractivity contribution in [2.45, 2.75) is 6.54 Å². The number of carbonyl (C=O) groups is 1. The minimum atomic E-state index is -0.197. The molecule has 0 N–H and O–H groups in total. The van der Waals surface area contributed by atoms with E-state index in [9.17, 15) is 4.79 Å². The van der Waals surface area contributed by atoms with Gasteiger partial charge in [-0.05, 0) is 24.3 Å². The fourth-order valence-electron chi connectivity index (χ4n) is 2.07. The molecule has 0 unspecified atom stereocenters. The molecule has 1 aromatic heterocycles. The largest absolute Gasteiger partial charge is 0.493 e. The van der Waals surface area contributed by atoms with Crippen LogP contribution in [0.3, 0.4) is 0 Å². The molecular formula is C17H18Cl2N2O4S. The first kappa shape index (κ1) is 20.4. The zero-order valence-corrected chi connectivity index (χ0v) is 16.8. The molecule has 1 amide bonds. The summed E-state index contributed by atoms with van der Waals surface area (Å²) in [5, 5.41) is 4.19. The van der Waals surface area contributed by atoms with E-state index in [4.69, 9.17) is 37.5 Å². The fraction of sp³-hybridized carbons (Fsp3) is 0.294. The van der Waals surface area contributed by atoms with Crippen LogP contribution in [0.1, 0.15) is 10.4 Å². The number of rotatable bonds is 8. The molecular weight excluding hydrogens is 399 g/mol. The van der Waals surface area contributed by atoms with Gasteiger partial charge in [0.05, 0.1) is 36.3 Å². The summed E-state index contributed by atoms with van der Waals surface area (Å²) in [4.78, 5) is 19.7. The Morgan fingerprint density at radius 2 is 2.04 bits per heavy atom. The van der Waals surface area contributed by atoms with Crippen LogP contribution in [-0.2, 0) is 16.2 Å². The first-order valence-corrected chi connectivity index (χ1v) is 9.07. The molecule has 0 aliphatic carbocycles. The predicted molar refractivity (Wildman–Crippen MR) is 104 cm³/mol. The summed E-state index contributed by atoms with van der Waals surface area (Å²) in [5.74, 6) is 0.724. The van der Waals surface area contributed by atoms with Gasteiger partial charge in [0, 0.05) is 17.5 Å². The first-order valence-electron chi connectivity index (χ1n) is 7.49. The summed E-state index contributed by atoms with van der Waals surface area (Å²) in [5.41, 5.74) is 0.654. The fourth-order valence-corrected chi connectivity index (χ4v) is 3.51. The number of thiophene rings is 1. The number of likely N-dealkylation sites (N-methyl/N-ethyl adjacent to an activating group) is 1. The van der Waals surface area contributed by atoms with Crippen molar-refractivity contribution in [3.05, 3.63) is 44.1 Å². The highest BCUT2D eigenvalue weighted by Gasteiger charge is 2.12. The molecule has 140 valence electrons. The molecule has 0 bridgehead atoms. The number of ether oxygens (including phenoxy) is 2. The van der Waals surface area contributed by atoms with E-state index in [1.54, 1.807) is 30.1 Å². The number of carbonyl (C=O) groups excluding carboxylic acids is 1. The van der Waals surface area contributed by atoms with Crippen LogP contribution in [0.25, 0.3) is 0 Å². The number of halogens is 2. The maximum atomic E-state index is 12.0. The molecule has 0 saturated carbocycles. The Balaban J connectivity index is 1.88. The molecule has 0 aliphatic rings. The molecule has 1 aromatic carbocycles. The van der Waals surface area contributed by atoms with Crippen LogP contribution >= 0.6 is 34.5 Å². The molecule has 26 heavy (non-hydrogen) atoms. The summed E-state index contributed by atoms with van der Waals surface area (Å²) < 4.78 is 11.1. The van der Waals surface area contributed by atoms with Gasteiger partial charge >= 0.3 is 0 Å². The van der Waals surface area contributed by atoms with E-state index in [-0.39, 0.29) is 12.5 Å². The summed E-state index contributed by atoms with van der Waals surface area (Å²) in [6, 6.07) is 7.04. The number of nitrogens with zero attached hydrogens (tertiary/aromatic N) is 2. The highest BCUT2D eigenvalue weighted by molar-refractivity contribution is 7.16. The lowest BCUT2D eigenvalue weighted by molar-refractivity contribution is -0.135. The molecule has 6 nitrogen and oxygen atoms in total. The number of hydrogen-bond acceptors (Lipinski definition) is 6. The van der Waals surface area contributed by atoms with Gasteiger partial charge in [0.1, 0.15) is 0 Å². The minimum Gasteiger partial charge on any atom is -0.493 e. The maximum absolute atomic E-state index is 12.0. The van der Waals surface area contributed by atoms with Crippen molar-refractivity contribution in [3.63, 3.8) is 0 Å². The number of benzene rings is 1. The Labute approximate surface area is 165 Å². The van der Waals surface area contributed by atoms with Crippen molar-refractivity contribution in [1.29, 1.82) is 0 Å². The van der Waals surface area contributed by atoms with Gasteiger partial charge in [-0.25, -0.2) is 0 Å². The van der Waals surface area contributed by atoms with Gasteiger partial charge in [0.15, 0.2) is 18.1 Å². The van der Waals surface area contributed by atoms with E-state index < -0.39 is 0 Å². The Bertz CT molecular complexity index is 795. The van der Waals surface area contributed by atoms with Crippen molar-refractivity contribution in [3.8, 4) is 11.5 Å². The third kappa shape index (κ3) is 5.52. The average molecular weight is 417 g/mol. The normalized spacial score (nSPS) is 10.8. The van der Waals surface area contributed by atoms with Crippen LogP contribution in [0.4, 0.5) is 0 Å². The van der Waals surface area contributed by atoms with E-state index in [1.807, 2.05) is 6.07 Å². The highest BCUT2D eigenvalue weighted by Crippen LogP contribution is 2.35. The topological polar surface area (TPSA) is 60.4 Å². The van der Waals surface area contributed by atoms with Crippen molar-refractivity contribution in [1.82, 2.24) is 4.90 Å². The van der Waals surface area contributed by atoms with Crippen molar-refractivity contribution >= 4 is 46.7 Å². The van der Waals surface area contributed by atoms with E-state index in [2.05, 4.69) is 5.16 Å². The SMILES string of the molecule is COc1cc(/C=N/OCC(=O)N(C)Cc2ccc(Cl)s2)cc(Cl)c1OC. The average Bonchev–Trinajstić information content (AvgIpc) is 3.02. The van der Waals surface area contributed by atoms with Crippen LogP contribution in [0.5, 0.6) is 11.5 Å². The molecule has 0 spiro atoms. The summed E-state index contributed by atoms with van der Waals surface area (Å²) in [6.07, 6.45) is 1.44. The third-order valence-electron chi connectivity index (χ3n) is 3.37. The first-order chi connectivity index (χ1) is 12.4. The maximum Gasteiger partial charge on any atom is 0.263 e. The Hall–Kier alpha value is -1.96. The second-order valence-electron chi connectivity index (χ2n) is 5.20. The predicted octanol–water partition coefficient (Wildman–Crippen LogP) is 4.08. The molecule has 0 atom stereocenters. The molecule has 0 saturated heterocycles. The summed E-state index contributed by atoms with van der Waals surface area (Å²) >= 11 is 13.4. The van der Waals surface area contributed by atoms with Crippen molar-refractivity contribution in [2.75, 3.05) is 27.9 Å². The van der Waals surface area contributed by atoms with Crippen LogP contribution in [0.2, 0.25) is 9.36 Å². The lowest BCUT2D eigenvalue weighted by Gasteiger charge is -2.15. The lowest BCUT2D eigenvalue weighted by Crippen LogP contribution is -2.29. The highest BCUT2D eigenvalue weighted by atomic mass is 35.5. The number of hydrogen-bond donors (Lipinski definition) is 0. The van der Waals surface area contributed by atoms with E-state index in [1.165, 1.54) is 31.8 Å². The zero-order chi connectivity index (χ0) is 19.1. The van der Waals surface area contributed by atoms with Crippen LogP contribution in [0, 0.1) is 0 Å². The minimum absolute atomic E-state index is 0.173. The van der Waals surface area contributed by atoms with Crippen molar-refractivity contribution < 1.29 is 19.1 Å². The Morgan fingerprint density at radius 1 is 1.27 bits per heavy atom. The van der Waals surface area contributed by atoms with Gasteiger partial charge in [-0.1, -0.05) is 28.4 Å². The quantitative estimate of drug-likeness (QED) is 0.480. The Kier molecular flexibility index (Phi) is 7.56. The van der Waals surface area contributed by atoms with Crippen LogP contribution in [0.15, 0.2) is 29.4 Å². The van der Waals surface area contributed by atoms with Gasteiger partial charge in [-0.3, -0.25) is 4.79 Å². The van der Waals surface area contributed by atoms with Gasteiger partial charge in [-0.15, -0.1) is 11.3 Å². The number of methoxy groups -OCH3 is 2.